The van der Waals surface area contributed by atoms with Gasteiger partial charge in [-0.25, -0.2) is 0 Å². The van der Waals surface area contributed by atoms with E-state index in [-0.39, 0.29) is 65.4 Å². The van der Waals surface area contributed by atoms with Crippen molar-refractivity contribution < 1.29 is 28.7 Å². The maximum Gasteiger partial charge on any atom is 0.308 e. The first-order valence-corrected chi connectivity index (χ1v) is 18.6. The van der Waals surface area contributed by atoms with Gasteiger partial charge in [0.25, 0.3) is 0 Å². The van der Waals surface area contributed by atoms with Gasteiger partial charge in [0, 0.05) is 18.6 Å². The molecule has 0 radical (unpaired) electrons. The lowest BCUT2D eigenvalue weighted by molar-refractivity contribution is -0.221. The number of carbonyl (C=O) groups is 5. The average Bonchev–Trinajstić information content (AvgIpc) is 3.07. The average molecular weight is 696 g/mol. The van der Waals surface area contributed by atoms with Crippen molar-refractivity contribution in [2.75, 3.05) is 27.7 Å². The number of piperidine rings is 1. The third-order valence-corrected chi connectivity index (χ3v) is 12.2. The third-order valence-electron chi connectivity index (χ3n) is 12.2. The molecule has 2 bridgehead atoms. The summed E-state index contributed by atoms with van der Waals surface area (Å²) in [5.41, 5.74) is -0.0429. The van der Waals surface area contributed by atoms with Crippen LogP contribution in [0.3, 0.4) is 0 Å². The summed E-state index contributed by atoms with van der Waals surface area (Å²) in [6, 6.07) is 7.88. The highest BCUT2D eigenvalue weighted by atomic mass is 16.5. The fourth-order valence-corrected chi connectivity index (χ4v) is 8.59. The van der Waals surface area contributed by atoms with Crippen LogP contribution in [-0.2, 0) is 35.1 Å². The Balaban J connectivity index is 1.41. The number of amides is 4. The molecular formula is C39H61N5O6. The molecule has 4 aliphatic rings. The summed E-state index contributed by atoms with van der Waals surface area (Å²) in [7, 11) is 4.98. The van der Waals surface area contributed by atoms with E-state index in [4.69, 9.17) is 4.74 Å². The highest BCUT2D eigenvalue weighted by molar-refractivity contribution is 5.94. The molecule has 4 fully saturated rings. The van der Waals surface area contributed by atoms with E-state index in [0.29, 0.717) is 32.1 Å². The molecule has 5 rings (SSSR count). The van der Waals surface area contributed by atoms with Crippen LogP contribution >= 0.6 is 0 Å². The number of esters is 1. The summed E-state index contributed by atoms with van der Waals surface area (Å²) < 4.78 is 4.95. The minimum Gasteiger partial charge on any atom is -0.469 e. The number of likely N-dealkylation sites (tertiary alicyclic amines) is 1. The van der Waals surface area contributed by atoms with E-state index >= 15 is 0 Å². The molecular weight excluding hydrogens is 634 g/mol. The first kappa shape index (κ1) is 39.3. The summed E-state index contributed by atoms with van der Waals surface area (Å²) in [5, 5.41) is 9.58. The second-order valence-corrected chi connectivity index (χ2v) is 15.9. The molecule has 11 nitrogen and oxygen atoms in total. The van der Waals surface area contributed by atoms with E-state index in [9.17, 15) is 24.0 Å². The largest absolute Gasteiger partial charge is 0.469 e. The molecule has 0 spiro atoms. The lowest BCUT2D eigenvalue weighted by Gasteiger charge is -2.74. The molecule has 278 valence electrons. The molecule has 3 saturated carbocycles. The van der Waals surface area contributed by atoms with E-state index in [1.54, 1.807) is 7.05 Å². The monoisotopic (exact) mass is 695 g/mol. The van der Waals surface area contributed by atoms with Gasteiger partial charge in [-0.3, -0.25) is 28.9 Å². The fourth-order valence-electron chi connectivity index (χ4n) is 8.59. The maximum atomic E-state index is 14.1. The number of hydrogen-bond acceptors (Lipinski definition) is 7. The molecule has 7 atom stereocenters. The molecule has 0 unspecified atom stereocenters. The van der Waals surface area contributed by atoms with Crippen LogP contribution < -0.4 is 16.0 Å². The molecule has 1 aliphatic heterocycles. The number of nitrogens with one attached hydrogen (secondary N) is 3. The topological polar surface area (TPSA) is 137 Å². The SMILES string of the molecule is CC[C@H](C)[C@H](NC(=O)[C@H]1CCCCN1C)C(=O)N(C)[C@H](C(=O)NC12CC(C(=O)N[C@@H](Cc3ccccc3)C[C@H](C)C(=O)OC)(C1)[C@@H]2C)C(C)C. The van der Waals surface area contributed by atoms with Crippen LogP contribution in [-0.4, -0.2) is 96.9 Å². The van der Waals surface area contributed by atoms with Gasteiger partial charge in [-0.15, -0.1) is 0 Å². The van der Waals surface area contributed by atoms with Crippen LogP contribution in [0.2, 0.25) is 0 Å². The van der Waals surface area contributed by atoms with Gasteiger partial charge in [0.15, 0.2) is 0 Å². The van der Waals surface area contributed by atoms with Crippen LogP contribution in [0.5, 0.6) is 0 Å². The summed E-state index contributed by atoms with van der Waals surface area (Å²) in [4.78, 5) is 71.1. The van der Waals surface area contributed by atoms with Gasteiger partial charge in [-0.1, -0.05) is 84.7 Å². The molecule has 50 heavy (non-hydrogen) atoms. The summed E-state index contributed by atoms with van der Waals surface area (Å²) >= 11 is 0. The zero-order chi connectivity index (χ0) is 37.0. The number of likely N-dealkylation sites (N-methyl/N-ethyl adjacent to an activating group) is 2. The predicted molar refractivity (Wildman–Crippen MR) is 193 cm³/mol. The number of rotatable bonds is 16. The van der Waals surface area contributed by atoms with E-state index in [0.717, 1.165) is 31.4 Å². The highest BCUT2D eigenvalue weighted by Crippen LogP contribution is 2.71. The zero-order valence-corrected chi connectivity index (χ0v) is 31.7. The molecule has 1 heterocycles. The Morgan fingerprint density at radius 2 is 1.68 bits per heavy atom. The van der Waals surface area contributed by atoms with E-state index < -0.39 is 23.0 Å². The third kappa shape index (κ3) is 8.03. The molecule has 0 aromatic heterocycles. The first-order valence-electron chi connectivity index (χ1n) is 18.6. The summed E-state index contributed by atoms with van der Waals surface area (Å²) in [6.45, 7) is 12.5. The van der Waals surface area contributed by atoms with Gasteiger partial charge >= 0.3 is 5.97 Å². The van der Waals surface area contributed by atoms with Crippen LogP contribution in [0, 0.1) is 29.1 Å². The predicted octanol–water partition coefficient (Wildman–Crippen LogP) is 3.70. The first-order chi connectivity index (χ1) is 23.6. The molecule has 3 N–H and O–H groups in total. The Morgan fingerprint density at radius 1 is 1.02 bits per heavy atom. The smallest absolute Gasteiger partial charge is 0.308 e. The van der Waals surface area contributed by atoms with Crippen molar-refractivity contribution in [1.82, 2.24) is 25.8 Å². The lowest BCUT2D eigenvalue weighted by atomic mass is 9.33. The lowest BCUT2D eigenvalue weighted by Crippen LogP contribution is -2.85. The molecule has 1 aromatic rings. The van der Waals surface area contributed by atoms with Crippen molar-refractivity contribution in [3.63, 3.8) is 0 Å². The van der Waals surface area contributed by atoms with Gasteiger partial charge < -0.3 is 25.6 Å². The van der Waals surface area contributed by atoms with Gasteiger partial charge in [-0.2, -0.15) is 0 Å². The van der Waals surface area contributed by atoms with Crippen molar-refractivity contribution in [3.8, 4) is 0 Å². The number of methoxy groups -OCH3 is 1. The van der Waals surface area contributed by atoms with Crippen molar-refractivity contribution >= 4 is 29.6 Å². The number of nitrogens with zero attached hydrogens (tertiary/aromatic N) is 2. The Bertz CT molecular complexity index is 1380. The molecule has 11 heteroatoms. The maximum absolute atomic E-state index is 14.1. The van der Waals surface area contributed by atoms with Gasteiger partial charge in [0.2, 0.25) is 23.6 Å². The molecule has 4 amide bonds. The Hall–Kier alpha value is -3.47. The van der Waals surface area contributed by atoms with Crippen LogP contribution in [0.25, 0.3) is 0 Å². The standard InChI is InChI=1S/C39H61N5O6/c1-10-25(4)31(41-33(45)30-18-14-15-19-43(30)7)35(47)44(8)32(24(2)3)34(46)42-39-22-38(23-39,27(39)6)37(49)40-29(20-26(5)36(48)50-9)21-28-16-12-11-13-17-28/h11-13,16-17,24-27,29-32H,10,14-15,18-23H2,1-9H3,(H,40,49)(H,41,45)(H,42,46)/t25-,26-,27-,29+,30+,31-,32-,38?,39?/m0/s1. The van der Waals surface area contributed by atoms with Crippen LogP contribution in [0.15, 0.2) is 30.3 Å². The van der Waals surface area contributed by atoms with E-state index in [1.165, 1.54) is 12.0 Å². The van der Waals surface area contributed by atoms with E-state index in [1.807, 2.05) is 78.9 Å². The van der Waals surface area contributed by atoms with Crippen LogP contribution in [0.4, 0.5) is 0 Å². The van der Waals surface area contributed by atoms with Crippen molar-refractivity contribution in [2.45, 2.75) is 123 Å². The number of ether oxygens (including phenoxy) is 1. The number of hydrogen-bond donors (Lipinski definition) is 3. The van der Waals surface area contributed by atoms with Gasteiger partial charge in [0.05, 0.1) is 24.5 Å². The normalized spacial score (nSPS) is 27.3. The van der Waals surface area contributed by atoms with E-state index in [2.05, 4.69) is 20.9 Å². The number of carbonyl (C=O) groups excluding carboxylic acids is 5. The van der Waals surface area contributed by atoms with Crippen molar-refractivity contribution in [2.24, 2.45) is 29.1 Å². The minimum atomic E-state index is -0.746. The molecule has 3 aliphatic carbocycles. The zero-order valence-electron chi connectivity index (χ0n) is 31.7. The van der Waals surface area contributed by atoms with Crippen molar-refractivity contribution in [3.05, 3.63) is 35.9 Å². The fraction of sp³-hybridized carbons (Fsp3) is 0.718. The minimum absolute atomic E-state index is 0.0532. The molecule has 1 aromatic carbocycles. The second-order valence-electron chi connectivity index (χ2n) is 15.9. The quantitative estimate of drug-likeness (QED) is 0.225. The Kier molecular flexibility index (Phi) is 12.8. The van der Waals surface area contributed by atoms with Crippen molar-refractivity contribution in [1.29, 1.82) is 0 Å². The summed E-state index contributed by atoms with van der Waals surface area (Å²) in [6.07, 6.45) is 5.57. The molecule has 1 saturated heterocycles. The summed E-state index contributed by atoms with van der Waals surface area (Å²) in [5.74, 6) is -1.78. The Labute approximate surface area is 299 Å². The second kappa shape index (κ2) is 16.3. The Morgan fingerprint density at radius 3 is 2.24 bits per heavy atom. The van der Waals surface area contributed by atoms with Crippen LogP contribution in [0.1, 0.15) is 92.1 Å². The highest BCUT2D eigenvalue weighted by Gasteiger charge is 2.77. The van der Waals surface area contributed by atoms with Gasteiger partial charge in [-0.05, 0) is 75.4 Å². The van der Waals surface area contributed by atoms with Gasteiger partial charge in [0.1, 0.15) is 12.1 Å². The number of benzene rings is 1.